The van der Waals surface area contributed by atoms with E-state index in [2.05, 4.69) is 217 Å². The van der Waals surface area contributed by atoms with Gasteiger partial charge in [-0.1, -0.05) is 176 Å². The molecule has 0 spiro atoms. The summed E-state index contributed by atoms with van der Waals surface area (Å²) < 4.78 is 6.68. The molecule has 0 saturated carbocycles. The van der Waals surface area contributed by atoms with Crippen LogP contribution in [0.15, 0.2) is 223 Å². The zero-order valence-corrected chi connectivity index (χ0v) is 31.6. The number of benzene rings is 7. The molecule has 0 amide bonds. The minimum Gasteiger partial charge on any atom is -0.454 e. The first-order valence-corrected chi connectivity index (χ1v) is 20.1. The van der Waals surface area contributed by atoms with E-state index in [1.54, 1.807) is 0 Å². The average Bonchev–Trinajstić information content (AvgIpc) is 3.82. The number of rotatable bonds is 7. The van der Waals surface area contributed by atoms with Crippen LogP contribution >= 0.6 is 0 Å². The third kappa shape index (κ3) is 5.39. The van der Waals surface area contributed by atoms with Crippen molar-refractivity contribution in [3.63, 3.8) is 0 Å². The van der Waals surface area contributed by atoms with E-state index in [0.29, 0.717) is 17.8 Å². The SMILES string of the molecule is C1=CCC(C2(c3ccc(N(c4ccc(-c5cccc(-c6ccccc6)c5)cc4)c4cccc5c4oc4ccccc45)cc3)c3ccccc3C3C=CC=C[C@H]32)C=C1. The van der Waals surface area contributed by atoms with E-state index >= 15 is 0 Å². The summed E-state index contributed by atoms with van der Waals surface area (Å²) in [7, 11) is 0. The third-order valence-corrected chi connectivity index (χ3v) is 12.6. The Hall–Kier alpha value is -6.90. The Morgan fingerprint density at radius 1 is 0.509 bits per heavy atom. The maximum Gasteiger partial charge on any atom is 0.159 e. The predicted octanol–water partition coefficient (Wildman–Crippen LogP) is 14.6. The molecule has 0 bridgehead atoms. The summed E-state index contributed by atoms with van der Waals surface area (Å²) in [6, 6.07) is 61.9. The molecule has 272 valence electrons. The van der Waals surface area contributed by atoms with Gasteiger partial charge in [0.25, 0.3) is 0 Å². The van der Waals surface area contributed by atoms with Crippen molar-refractivity contribution in [1.29, 1.82) is 0 Å². The van der Waals surface area contributed by atoms with Crippen molar-refractivity contribution in [1.82, 2.24) is 0 Å². The molecule has 8 aromatic rings. The summed E-state index contributed by atoms with van der Waals surface area (Å²) in [5, 5.41) is 2.24. The molecule has 0 saturated heterocycles. The molecule has 0 aliphatic heterocycles. The van der Waals surface area contributed by atoms with Gasteiger partial charge in [0.05, 0.1) is 5.69 Å². The number of para-hydroxylation sites is 2. The van der Waals surface area contributed by atoms with E-state index in [1.165, 1.54) is 38.9 Å². The molecular formula is C55H41NO. The van der Waals surface area contributed by atoms with Gasteiger partial charge < -0.3 is 9.32 Å². The van der Waals surface area contributed by atoms with Crippen LogP contribution in [0.25, 0.3) is 44.2 Å². The quantitative estimate of drug-likeness (QED) is 0.162. The van der Waals surface area contributed by atoms with Crippen LogP contribution in [0.5, 0.6) is 0 Å². The molecule has 0 fully saturated rings. The first kappa shape index (κ1) is 33.4. The van der Waals surface area contributed by atoms with Crippen molar-refractivity contribution in [3.05, 3.63) is 235 Å². The maximum atomic E-state index is 6.68. The van der Waals surface area contributed by atoms with Gasteiger partial charge in [-0.25, -0.2) is 0 Å². The van der Waals surface area contributed by atoms with E-state index in [4.69, 9.17) is 4.42 Å². The third-order valence-electron chi connectivity index (χ3n) is 12.6. The van der Waals surface area contributed by atoms with Crippen molar-refractivity contribution in [2.24, 2.45) is 11.8 Å². The summed E-state index contributed by atoms with van der Waals surface area (Å²) in [5.41, 5.74) is 13.8. The van der Waals surface area contributed by atoms with Crippen LogP contribution in [0.4, 0.5) is 17.1 Å². The van der Waals surface area contributed by atoms with E-state index in [1.807, 2.05) is 6.07 Å². The van der Waals surface area contributed by atoms with Gasteiger partial charge >= 0.3 is 0 Å². The van der Waals surface area contributed by atoms with Gasteiger partial charge in [-0.15, -0.1) is 0 Å². The van der Waals surface area contributed by atoms with E-state index in [0.717, 1.165) is 45.4 Å². The molecule has 1 heterocycles. The van der Waals surface area contributed by atoms with Crippen molar-refractivity contribution in [2.75, 3.05) is 4.90 Å². The Bertz CT molecular complexity index is 2890. The molecule has 7 aromatic carbocycles. The highest BCUT2D eigenvalue weighted by molar-refractivity contribution is 6.10. The Labute approximate surface area is 334 Å². The normalized spacial score (nSPS) is 20.5. The van der Waals surface area contributed by atoms with Gasteiger partial charge in [-0.05, 0) is 93.7 Å². The molecule has 2 nitrogen and oxygen atoms in total. The minimum absolute atomic E-state index is 0.207. The van der Waals surface area contributed by atoms with Crippen molar-refractivity contribution in [2.45, 2.75) is 17.8 Å². The zero-order valence-electron chi connectivity index (χ0n) is 31.6. The topological polar surface area (TPSA) is 16.4 Å². The molecule has 4 atom stereocenters. The monoisotopic (exact) mass is 731 g/mol. The highest BCUT2D eigenvalue weighted by Gasteiger charge is 2.55. The Morgan fingerprint density at radius 3 is 1.96 bits per heavy atom. The summed E-state index contributed by atoms with van der Waals surface area (Å²) in [6.07, 6.45) is 19.6. The maximum absolute atomic E-state index is 6.68. The first-order valence-electron chi connectivity index (χ1n) is 20.1. The number of allylic oxidation sites excluding steroid dienone is 8. The molecule has 0 N–H and O–H groups in total. The van der Waals surface area contributed by atoms with E-state index in [-0.39, 0.29) is 5.41 Å². The van der Waals surface area contributed by atoms with Gasteiger partial charge in [0.2, 0.25) is 0 Å². The Kier molecular flexibility index (Phi) is 8.03. The van der Waals surface area contributed by atoms with Gasteiger partial charge in [-0.2, -0.15) is 0 Å². The highest BCUT2D eigenvalue weighted by Crippen LogP contribution is 2.61. The molecule has 0 radical (unpaired) electrons. The molecule has 3 aliphatic rings. The van der Waals surface area contributed by atoms with Crippen LogP contribution in [0, 0.1) is 11.8 Å². The number of anilines is 3. The summed E-state index contributed by atoms with van der Waals surface area (Å²) in [5.74, 6) is 0.994. The summed E-state index contributed by atoms with van der Waals surface area (Å²) >= 11 is 0. The molecule has 3 aliphatic carbocycles. The van der Waals surface area contributed by atoms with Gasteiger partial charge in [0.1, 0.15) is 5.58 Å². The average molecular weight is 732 g/mol. The zero-order chi connectivity index (χ0) is 37.8. The Morgan fingerprint density at radius 2 is 1.16 bits per heavy atom. The lowest BCUT2D eigenvalue weighted by Gasteiger charge is -2.44. The van der Waals surface area contributed by atoms with Gasteiger partial charge in [-0.3, -0.25) is 0 Å². The van der Waals surface area contributed by atoms with Crippen molar-refractivity contribution < 1.29 is 4.42 Å². The van der Waals surface area contributed by atoms with Crippen molar-refractivity contribution in [3.8, 4) is 22.3 Å². The lowest BCUT2D eigenvalue weighted by atomic mass is 9.58. The highest BCUT2D eigenvalue weighted by atomic mass is 16.3. The van der Waals surface area contributed by atoms with E-state index in [9.17, 15) is 0 Å². The molecule has 57 heavy (non-hydrogen) atoms. The predicted molar refractivity (Wildman–Crippen MR) is 237 cm³/mol. The van der Waals surface area contributed by atoms with Gasteiger partial charge in [0, 0.05) is 39.4 Å². The molecule has 1 aromatic heterocycles. The molecule has 3 unspecified atom stereocenters. The number of nitrogens with zero attached hydrogens (tertiary/aromatic N) is 1. The number of hydrogen-bond donors (Lipinski definition) is 0. The summed E-state index contributed by atoms with van der Waals surface area (Å²) in [6.45, 7) is 0. The van der Waals surface area contributed by atoms with Crippen LogP contribution in [0.1, 0.15) is 29.0 Å². The Balaban J connectivity index is 1.05. The molecule has 2 heteroatoms. The standard InChI is InChI=1S/C55H41NO/c1-3-15-38(16-4-1)40-17-13-18-41(37-40)39-29-33-44(34-30-39)56(52-27-14-24-49-48-23-9-12-28-53(48)57-54(49)52)45-35-31-43(32-36-45)55(42-19-5-2-6-20-42)50-25-10-7-21-46(50)47-22-8-11-26-51(47)55/h1-19,21-37,42,46,50H,20H2/t42?,46?,50-,55?/m1/s1. The fourth-order valence-electron chi connectivity index (χ4n) is 10.1. The number of hydrogen-bond acceptors (Lipinski definition) is 2. The van der Waals surface area contributed by atoms with Gasteiger partial charge in [0.15, 0.2) is 5.58 Å². The lowest BCUT2D eigenvalue weighted by Crippen LogP contribution is -2.40. The second-order valence-corrected chi connectivity index (χ2v) is 15.6. The fourth-order valence-corrected chi connectivity index (χ4v) is 10.1. The smallest absolute Gasteiger partial charge is 0.159 e. The van der Waals surface area contributed by atoms with Crippen LogP contribution in [-0.2, 0) is 5.41 Å². The van der Waals surface area contributed by atoms with Crippen molar-refractivity contribution >= 4 is 39.0 Å². The van der Waals surface area contributed by atoms with Crippen LogP contribution < -0.4 is 4.90 Å². The first-order chi connectivity index (χ1) is 28.3. The van der Waals surface area contributed by atoms with Crippen LogP contribution in [0.2, 0.25) is 0 Å². The van der Waals surface area contributed by atoms with E-state index < -0.39 is 0 Å². The lowest BCUT2D eigenvalue weighted by molar-refractivity contribution is 0.301. The fraction of sp³-hybridized carbons (Fsp3) is 0.0909. The minimum atomic E-state index is -0.207. The number of furan rings is 1. The summed E-state index contributed by atoms with van der Waals surface area (Å²) in [4.78, 5) is 2.36. The number of fused-ring (bicyclic) bond motifs is 6. The van der Waals surface area contributed by atoms with Crippen LogP contribution in [-0.4, -0.2) is 0 Å². The largest absolute Gasteiger partial charge is 0.454 e. The second kappa shape index (κ2) is 13.7. The molecular weight excluding hydrogens is 691 g/mol. The van der Waals surface area contributed by atoms with Crippen LogP contribution in [0.3, 0.4) is 0 Å². The second-order valence-electron chi connectivity index (χ2n) is 15.6. The molecule has 11 rings (SSSR count).